The maximum absolute atomic E-state index is 12.2. The average molecular weight is 354 g/mol. The molecule has 3 N–H and O–H groups in total. The molecule has 9 heteroatoms. The zero-order valence-corrected chi connectivity index (χ0v) is 14.6. The Labute approximate surface area is 150 Å². The number of carbonyl (C=O) groups is 1. The molecule has 9 nitrogen and oxygen atoms in total. The lowest BCUT2D eigenvalue weighted by Crippen LogP contribution is -2.49. The molecule has 4 rings (SSSR count). The zero-order chi connectivity index (χ0) is 17.9. The van der Waals surface area contributed by atoms with Gasteiger partial charge in [0, 0.05) is 44.6 Å². The summed E-state index contributed by atoms with van der Waals surface area (Å²) in [5.74, 6) is 1.59. The number of rotatable bonds is 5. The van der Waals surface area contributed by atoms with Crippen LogP contribution in [0.1, 0.15) is 12.8 Å². The first-order valence-electron chi connectivity index (χ1n) is 8.75. The fourth-order valence-corrected chi connectivity index (χ4v) is 3.36. The van der Waals surface area contributed by atoms with E-state index >= 15 is 0 Å². The second-order valence-electron chi connectivity index (χ2n) is 6.52. The molecule has 0 spiro atoms. The van der Waals surface area contributed by atoms with Gasteiger partial charge in [0.2, 0.25) is 5.91 Å². The number of amides is 1. The van der Waals surface area contributed by atoms with Crippen LogP contribution in [-0.4, -0.2) is 56.3 Å². The minimum Gasteiger partial charge on any atom is -0.360 e. The lowest BCUT2D eigenvalue weighted by molar-refractivity contribution is -0.120. The largest absolute Gasteiger partial charge is 0.360 e. The Kier molecular flexibility index (Phi) is 4.42. The minimum absolute atomic E-state index is 0.0306. The highest BCUT2D eigenvalue weighted by atomic mass is 16.2. The summed E-state index contributed by atoms with van der Waals surface area (Å²) >= 11 is 0. The smallest absolute Gasteiger partial charge is 0.239 e. The number of aromatic nitrogens is 5. The lowest BCUT2D eigenvalue weighted by atomic mass is 10.1. The van der Waals surface area contributed by atoms with E-state index in [0.29, 0.717) is 5.82 Å². The van der Waals surface area contributed by atoms with E-state index in [-0.39, 0.29) is 18.5 Å². The van der Waals surface area contributed by atoms with Crippen LogP contribution in [0, 0.1) is 0 Å². The van der Waals surface area contributed by atoms with Gasteiger partial charge in [-0.05, 0) is 18.9 Å². The van der Waals surface area contributed by atoms with Gasteiger partial charge in [-0.3, -0.25) is 9.48 Å². The summed E-state index contributed by atoms with van der Waals surface area (Å²) in [6.45, 7) is 1.88. The zero-order valence-electron chi connectivity index (χ0n) is 14.6. The van der Waals surface area contributed by atoms with Crippen molar-refractivity contribution in [1.29, 1.82) is 0 Å². The highest BCUT2D eigenvalue weighted by molar-refractivity contribution is 5.87. The molecule has 0 unspecified atom stereocenters. The number of nitrogens with zero attached hydrogens (tertiary/aromatic N) is 5. The Bertz CT molecular complexity index is 901. The summed E-state index contributed by atoms with van der Waals surface area (Å²) in [5.41, 5.74) is 0.834. The van der Waals surface area contributed by atoms with Crippen molar-refractivity contribution < 1.29 is 4.79 Å². The third-order valence-corrected chi connectivity index (χ3v) is 4.56. The van der Waals surface area contributed by atoms with Crippen molar-refractivity contribution in [3.05, 3.63) is 30.9 Å². The highest BCUT2D eigenvalue weighted by Gasteiger charge is 2.23. The fraction of sp³-hybridized carbons (Fsp3) is 0.412. The third-order valence-electron chi connectivity index (χ3n) is 4.56. The normalized spacial score (nSPS) is 17.4. The van der Waals surface area contributed by atoms with Gasteiger partial charge in [-0.1, -0.05) is 0 Å². The van der Waals surface area contributed by atoms with Gasteiger partial charge >= 0.3 is 0 Å². The Morgan fingerprint density at radius 3 is 3.15 bits per heavy atom. The highest BCUT2D eigenvalue weighted by Crippen LogP contribution is 2.24. The van der Waals surface area contributed by atoms with Crippen LogP contribution in [0.4, 0.5) is 11.6 Å². The Morgan fingerprint density at radius 2 is 2.31 bits per heavy atom. The van der Waals surface area contributed by atoms with Crippen molar-refractivity contribution in [2.45, 2.75) is 18.9 Å². The molecule has 1 atom stereocenters. The van der Waals surface area contributed by atoms with E-state index in [2.05, 4.69) is 35.6 Å². The van der Waals surface area contributed by atoms with Gasteiger partial charge in [-0.15, -0.1) is 0 Å². The molecule has 3 aromatic rings. The molecule has 0 radical (unpaired) electrons. The summed E-state index contributed by atoms with van der Waals surface area (Å²) in [7, 11) is 1.84. The number of aromatic amines is 1. The first-order valence-corrected chi connectivity index (χ1v) is 8.75. The molecular weight excluding hydrogens is 332 g/mol. The van der Waals surface area contributed by atoms with Crippen LogP contribution in [0.5, 0.6) is 0 Å². The van der Waals surface area contributed by atoms with Gasteiger partial charge in [0.1, 0.15) is 23.6 Å². The fourth-order valence-electron chi connectivity index (χ4n) is 3.36. The van der Waals surface area contributed by atoms with E-state index in [4.69, 9.17) is 0 Å². The third kappa shape index (κ3) is 3.46. The van der Waals surface area contributed by atoms with Crippen molar-refractivity contribution in [3.63, 3.8) is 0 Å². The molecule has 3 aromatic heterocycles. The summed E-state index contributed by atoms with van der Waals surface area (Å²) < 4.78 is 1.70. The predicted molar refractivity (Wildman–Crippen MR) is 99.0 cm³/mol. The Morgan fingerprint density at radius 1 is 1.38 bits per heavy atom. The summed E-state index contributed by atoms with van der Waals surface area (Å²) in [5, 5.41) is 11.4. The lowest BCUT2D eigenvalue weighted by Gasteiger charge is -2.34. The van der Waals surface area contributed by atoms with Crippen LogP contribution in [0.25, 0.3) is 11.0 Å². The molecule has 136 valence electrons. The van der Waals surface area contributed by atoms with Crippen LogP contribution in [-0.2, 0) is 11.8 Å². The molecule has 1 fully saturated rings. The number of carbonyl (C=O) groups excluding carboxylic acids is 1. The van der Waals surface area contributed by atoms with Gasteiger partial charge in [-0.25, -0.2) is 9.97 Å². The van der Waals surface area contributed by atoms with E-state index in [1.54, 1.807) is 11.0 Å². The van der Waals surface area contributed by atoms with Crippen LogP contribution in [0.3, 0.4) is 0 Å². The van der Waals surface area contributed by atoms with E-state index in [1.165, 1.54) is 0 Å². The van der Waals surface area contributed by atoms with Crippen LogP contribution in [0.15, 0.2) is 30.9 Å². The second-order valence-corrected chi connectivity index (χ2v) is 6.52. The number of H-pyrrole nitrogens is 1. The van der Waals surface area contributed by atoms with E-state index < -0.39 is 0 Å². The molecule has 1 saturated heterocycles. The first kappa shape index (κ1) is 16.4. The van der Waals surface area contributed by atoms with E-state index in [9.17, 15) is 4.79 Å². The molecule has 0 saturated carbocycles. The van der Waals surface area contributed by atoms with Crippen molar-refractivity contribution in [2.24, 2.45) is 7.05 Å². The SMILES string of the molecule is Cn1ccc(NCC(=O)N[C@@H]2CCCN(c3ncnc4[nH]ccc34)C2)n1. The molecule has 1 aliphatic heterocycles. The molecule has 0 aliphatic carbocycles. The van der Waals surface area contributed by atoms with Gasteiger partial charge in [0.15, 0.2) is 0 Å². The van der Waals surface area contributed by atoms with Crippen LogP contribution < -0.4 is 15.5 Å². The summed E-state index contributed by atoms with van der Waals surface area (Å²) in [4.78, 5) is 26.3. The number of anilines is 2. The van der Waals surface area contributed by atoms with Crippen LogP contribution >= 0.6 is 0 Å². The minimum atomic E-state index is -0.0306. The van der Waals surface area contributed by atoms with Crippen LogP contribution in [0.2, 0.25) is 0 Å². The first-order chi connectivity index (χ1) is 12.7. The number of hydrogen-bond donors (Lipinski definition) is 3. The maximum atomic E-state index is 12.2. The standard InChI is InChI=1S/C17H22N8O/c1-24-8-5-14(23-24)19-9-15(26)22-12-3-2-7-25(10-12)17-13-4-6-18-16(13)20-11-21-17/h4-6,8,11-12H,2-3,7,9-10H2,1H3,(H,19,23)(H,22,26)(H,18,20,21)/t12-/m1/s1. The quantitative estimate of drug-likeness (QED) is 0.629. The average Bonchev–Trinajstić information content (AvgIpc) is 3.28. The van der Waals surface area contributed by atoms with E-state index in [0.717, 1.165) is 42.8 Å². The number of fused-ring (bicyclic) bond motifs is 1. The topological polar surface area (TPSA) is 104 Å². The number of piperidine rings is 1. The maximum Gasteiger partial charge on any atom is 0.239 e. The van der Waals surface area contributed by atoms with Gasteiger partial charge in [0.05, 0.1) is 11.9 Å². The molecule has 1 amide bonds. The summed E-state index contributed by atoms with van der Waals surface area (Å²) in [6, 6.07) is 3.93. The number of nitrogens with one attached hydrogen (secondary N) is 3. The summed E-state index contributed by atoms with van der Waals surface area (Å²) in [6.07, 6.45) is 7.26. The molecule has 26 heavy (non-hydrogen) atoms. The van der Waals surface area contributed by atoms with Gasteiger partial charge < -0.3 is 20.5 Å². The second kappa shape index (κ2) is 7.03. The molecule has 0 bridgehead atoms. The Balaban J connectivity index is 1.36. The van der Waals surface area contributed by atoms with Crippen molar-refractivity contribution in [2.75, 3.05) is 29.9 Å². The molecular formula is C17H22N8O. The predicted octanol–water partition coefficient (Wildman–Crippen LogP) is 0.888. The van der Waals surface area contributed by atoms with Crippen molar-refractivity contribution >= 4 is 28.6 Å². The van der Waals surface area contributed by atoms with E-state index in [1.807, 2.05) is 31.6 Å². The molecule has 4 heterocycles. The number of hydrogen-bond acceptors (Lipinski definition) is 6. The molecule has 1 aliphatic rings. The van der Waals surface area contributed by atoms with Crippen molar-refractivity contribution in [3.8, 4) is 0 Å². The van der Waals surface area contributed by atoms with Crippen molar-refractivity contribution in [1.82, 2.24) is 30.0 Å². The molecule has 0 aromatic carbocycles. The van der Waals surface area contributed by atoms with Gasteiger partial charge in [-0.2, -0.15) is 5.10 Å². The van der Waals surface area contributed by atoms with Gasteiger partial charge in [0.25, 0.3) is 0 Å². The monoisotopic (exact) mass is 354 g/mol. The Hall–Kier alpha value is -3.10. The number of aryl methyl sites for hydroxylation is 1.